The minimum atomic E-state index is -0.391. The molecule has 0 fully saturated rings. The fraction of sp³-hybridized carbons (Fsp3) is 0.250. The Labute approximate surface area is 123 Å². The van der Waals surface area contributed by atoms with E-state index in [0.29, 0.717) is 18.1 Å². The SMILES string of the molecule is CCOC(=O)C(Cc1ccc(Cl)cc1)c1ccccn1. The number of hydrogen-bond donors (Lipinski definition) is 0. The first-order valence-corrected chi connectivity index (χ1v) is 6.90. The van der Waals surface area contributed by atoms with E-state index < -0.39 is 5.92 Å². The lowest BCUT2D eigenvalue weighted by molar-refractivity contribution is -0.145. The highest BCUT2D eigenvalue weighted by atomic mass is 35.5. The maximum absolute atomic E-state index is 12.1. The van der Waals surface area contributed by atoms with E-state index in [1.165, 1.54) is 0 Å². The lowest BCUT2D eigenvalue weighted by atomic mass is 9.96. The van der Waals surface area contributed by atoms with Crippen LogP contribution < -0.4 is 0 Å². The van der Waals surface area contributed by atoms with Crippen LogP contribution in [0, 0.1) is 0 Å². The molecule has 1 unspecified atom stereocenters. The summed E-state index contributed by atoms with van der Waals surface area (Å²) in [5, 5.41) is 0.680. The van der Waals surface area contributed by atoms with Crippen LogP contribution in [0.3, 0.4) is 0 Å². The Morgan fingerprint density at radius 1 is 1.25 bits per heavy atom. The summed E-state index contributed by atoms with van der Waals surface area (Å²) in [6, 6.07) is 13.0. The fourth-order valence-electron chi connectivity index (χ4n) is 1.99. The largest absolute Gasteiger partial charge is 0.465 e. The van der Waals surface area contributed by atoms with E-state index in [9.17, 15) is 4.79 Å². The third kappa shape index (κ3) is 3.81. The summed E-state index contributed by atoms with van der Waals surface area (Å²) in [5.41, 5.74) is 1.75. The number of aromatic nitrogens is 1. The predicted molar refractivity (Wildman–Crippen MR) is 78.8 cm³/mol. The first kappa shape index (κ1) is 14.5. The Bertz CT molecular complexity index is 554. The van der Waals surface area contributed by atoms with Gasteiger partial charge in [-0.15, -0.1) is 0 Å². The maximum atomic E-state index is 12.1. The summed E-state index contributed by atoms with van der Waals surface area (Å²) < 4.78 is 5.15. The van der Waals surface area contributed by atoms with Crippen molar-refractivity contribution in [3.8, 4) is 0 Å². The van der Waals surface area contributed by atoms with Crippen LogP contribution in [0.25, 0.3) is 0 Å². The molecule has 0 aliphatic carbocycles. The third-order valence-corrected chi connectivity index (χ3v) is 3.22. The number of pyridine rings is 1. The van der Waals surface area contributed by atoms with Crippen LogP contribution in [-0.4, -0.2) is 17.6 Å². The minimum absolute atomic E-state index is 0.249. The van der Waals surface area contributed by atoms with Crippen molar-refractivity contribution in [3.05, 3.63) is 64.9 Å². The van der Waals surface area contributed by atoms with Gasteiger partial charge in [0.05, 0.1) is 12.3 Å². The average molecular weight is 290 g/mol. The molecule has 2 rings (SSSR count). The zero-order valence-corrected chi connectivity index (χ0v) is 12.0. The smallest absolute Gasteiger partial charge is 0.315 e. The van der Waals surface area contributed by atoms with Gasteiger partial charge in [0.25, 0.3) is 0 Å². The van der Waals surface area contributed by atoms with Gasteiger partial charge in [-0.3, -0.25) is 9.78 Å². The van der Waals surface area contributed by atoms with Gasteiger partial charge in [0.2, 0.25) is 0 Å². The van der Waals surface area contributed by atoms with Crippen molar-refractivity contribution in [2.45, 2.75) is 19.3 Å². The van der Waals surface area contributed by atoms with Gasteiger partial charge in [0, 0.05) is 11.2 Å². The molecule has 0 saturated heterocycles. The number of ether oxygens (including phenoxy) is 1. The van der Waals surface area contributed by atoms with E-state index in [1.807, 2.05) is 42.5 Å². The van der Waals surface area contributed by atoms with Crippen LogP contribution in [0.15, 0.2) is 48.7 Å². The number of nitrogens with zero attached hydrogens (tertiary/aromatic N) is 1. The van der Waals surface area contributed by atoms with Gasteiger partial charge in [0.15, 0.2) is 0 Å². The molecule has 0 radical (unpaired) electrons. The standard InChI is InChI=1S/C16H16ClNO2/c1-2-20-16(19)14(15-5-3-4-10-18-15)11-12-6-8-13(17)9-7-12/h3-10,14H,2,11H2,1H3. The molecule has 0 bridgehead atoms. The van der Waals surface area contributed by atoms with Gasteiger partial charge in [0.1, 0.15) is 5.92 Å². The van der Waals surface area contributed by atoms with Gasteiger partial charge in [-0.2, -0.15) is 0 Å². The number of rotatable bonds is 5. The van der Waals surface area contributed by atoms with Crippen LogP contribution in [0.1, 0.15) is 24.1 Å². The molecule has 0 aliphatic rings. The van der Waals surface area contributed by atoms with Crippen molar-refractivity contribution >= 4 is 17.6 Å². The van der Waals surface area contributed by atoms with E-state index in [1.54, 1.807) is 13.1 Å². The van der Waals surface area contributed by atoms with Crippen molar-refractivity contribution in [1.82, 2.24) is 4.98 Å². The van der Waals surface area contributed by atoms with Gasteiger partial charge >= 0.3 is 5.97 Å². The lowest BCUT2D eigenvalue weighted by Gasteiger charge is -2.15. The molecule has 0 amide bonds. The molecule has 2 aromatic rings. The van der Waals surface area contributed by atoms with Crippen LogP contribution in [-0.2, 0) is 16.0 Å². The first-order valence-electron chi connectivity index (χ1n) is 6.52. The van der Waals surface area contributed by atoms with Gasteiger partial charge < -0.3 is 4.74 Å². The molecule has 20 heavy (non-hydrogen) atoms. The molecule has 0 N–H and O–H groups in total. The second-order valence-corrected chi connectivity index (χ2v) is 4.83. The third-order valence-electron chi connectivity index (χ3n) is 2.97. The van der Waals surface area contributed by atoms with Crippen molar-refractivity contribution < 1.29 is 9.53 Å². The highest BCUT2D eigenvalue weighted by molar-refractivity contribution is 6.30. The molecule has 0 spiro atoms. The van der Waals surface area contributed by atoms with Gasteiger partial charge in [-0.25, -0.2) is 0 Å². The molecule has 1 heterocycles. The summed E-state index contributed by atoms with van der Waals surface area (Å²) in [4.78, 5) is 16.4. The van der Waals surface area contributed by atoms with E-state index in [4.69, 9.17) is 16.3 Å². The highest BCUT2D eigenvalue weighted by Crippen LogP contribution is 2.22. The van der Waals surface area contributed by atoms with Crippen molar-refractivity contribution in [3.63, 3.8) is 0 Å². The number of carbonyl (C=O) groups is 1. The molecule has 3 nitrogen and oxygen atoms in total. The van der Waals surface area contributed by atoms with Crippen molar-refractivity contribution in [2.75, 3.05) is 6.61 Å². The minimum Gasteiger partial charge on any atom is -0.465 e. The number of hydrogen-bond acceptors (Lipinski definition) is 3. The van der Waals surface area contributed by atoms with Crippen LogP contribution in [0.5, 0.6) is 0 Å². The number of esters is 1. The molecule has 4 heteroatoms. The Morgan fingerprint density at radius 3 is 2.60 bits per heavy atom. The van der Waals surface area contributed by atoms with E-state index >= 15 is 0 Å². The van der Waals surface area contributed by atoms with E-state index in [2.05, 4.69) is 4.98 Å². The summed E-state index contributed by atoms with van der Waals surface area (Å²) >= 11 is 5.87. The molecule has 104 valence electrons. The molecule has 1 atom stereocenters. The summed E-state index contributed by atoms with van der Waals surface area (Å²) in [6.07, 6.45) is 2.23. The van der Waals surface area contributed by atoms with Crippen molar-refractivity contribution in [2.24, 2.45) is 0 Å². The first-order chi connectivity index (χ1) is 9.70. The topological polar surface area (TPSA) is 39.2 Å². The van der Waals surface area contributed by atoms with Crippen LogP contribution in [0.2, 0.25) is 5.02 Å². The second kappa shape index (κ2) is 7.06. The molecular weight excluding hydrogens is 274 g/mol. The second-order valence-electron chi connectivity index (χ2n) is 4.39. The van der Waals surface area contributed by atoms with E-state index in [-0.39, 0.29) is 5.97 Å². The molecule has 0 saturated carbocycles. The molecule has 1 aromatic heterocycles. The molecule has 0 aliphatic heterocycles. The lowest BCUT2D eigenvalue weighted by Crippen LogP contribution is -2.19. The van der Waals surface area contributed by atoms with Crippen LogP contribution >= 0.6 is 11.6 Å². The van der Waals surface area contributed by atoms with E-state index in [0.717, 1.165) is 11.3 Å². The average Bonchev–Trinajstić information content (AvgIpc) is 2.48. The Hall–Kier alpha value is -1.87. The fourth-order valence-corrected chi connectivity index (χ4v) is 2.12. The predicted octanol–water partition coefficient (Wildman–Crippen LogP) is 3.62. The zero-order chi connectivity index (χ0) is 14.4. The molecule has 1 aromatic carbocycles. The monoisotopic (exact) mass is 289 g/mol. The molecular formula is C16H16ClNO2. The highest BCUT2D eigenvalue weighted by Gasteiger charge is 2.23. The van der Waals surface area contributed by atoms with Crippen molar-refractivity contribution in [1.29, 1.82) is 0 Å². The number of halogens is 1. The van der Waals surface area contributed by atoms with Gasteiger partial charge in [-0.1, -0.05) is 29.8 Å². The normalized spacial score (nSPS) is 11.9. The van der Waals surface area contributed by atoms with Gasteiger partial charge in [-0.05, 0) is 43.2 Å². The Kier molecular flexibility index (Phi) is 5.13. The zero-order valence-electron chi connectivity index (χ0n) is 11.3. The Morgan fingerprint density at radius 2 is 2.00 bits per heavy atom. The quantitative estimate of drug-likeness (QED) is 0.789. The summed E-state index contributed by atoms with van der Waals surface area (Å²) in [5.74, 6) is -0.640. The summed E-state index contributed by atoms with van der Waals surface area (Å²) in [7, 11) is 0. The van der Waals surface area contributed by atoms with Crippen LogP contribution in [0.4, 0.5) is 0 Å². The maximum Gasteiger partial charge on any atom is 0.315 e. The Balaban J connectivity index is 2.23. The number of carbonyl (C=O) groups excluding carboxylic acids is 1. The summed E-state index contributed by atoms with van der Waals surface area (Å²) in [6.45, 7) is 2.17. The number of benzene rings is 1.